The lowest BCUT2D eigenvalue weighted by Gasteiger charge is -2.21. The van der Waals surface area contributed by atoms with Gasteiger partial charge >= 0.3 is 0 Å². The van der Waals surface area contributed by atoms with Crippen LogP contribution in [0, 0.1) is 5.82 Å². The lowest BCUT2D eigenvalue weighted by molar-refractivity contribution is 0.102. The van der Waals surface area contributed by atoms with E-state index >= 15 is 0 Å². The number of carbonyl (C=O) groups excluding carboxylic acids is 1. The third-order valence-electron chi connectivity index (χ3n) is 3.12. The number of anilines is 1. The van der Waals surface area contributed by atoms with Gasteiger partial charge < -0.3 is 5.32 Å². The van der Waals surface area contributed by atoms with Crippen LogP contribution in [0.15, 0.2) is 41.3 Å². The molecular formula is C17H17Cl2FN2O3S. The topological polar surface area (TPSA) is 75.3 Å². The highest BCUT2D eigenvalue weighted by Crippen LogP contribution is 2.26. The Morgan fingerprint density at radius 3 is 2.35 bits per heavy atom. The van der Waals surface area contributed by atoms with Crippen LogP contribution in [-0.2, 0) is 10.0 Å². The predicted molar refractivity (Wildman–Crippen MR) is 101 cm³/mol. The van der Waals surface area contributed by atoms with Crippen molar-refractivity contribution in [3.8, 4) is 0 Å². The van der Waals surface area contributed by atoms with Crippen molar-refractivity contribution in [1.29, 1.82) is 0 Å². The summed E-state index contributed by atoms with van der Waals surface area (Å²) in [6.07, 6.45) is 0. The minimum absolute atomic E-state index is 0.00283. The molecule has 5 nitrogen and oxygen atoms in total. The molecule has 2 N–H and O–H groups in total. The van der Waals surface area contributed by atoms with Crippen LogP contribution >= 0.6 is 23.2 Å². The van der Waals surface area contributed by atoms with Crippen LogP contribution in [0.25, 0.3) is 0 Å². The van der Waals surface area contributed by atoms with E-state index in [1.165, 1.54) is 30.3 Å². The standard InChI is InChI=1S/C17H17Cl2FN2O3S/c1-17(2,3)22-26(24,25)14-9-10(7-8-11(14)18)16(23)21-13-6-4-5-12(19)15(13)20/h4-9,22H,1-3H3,(H,21,23). The molecule has 140 valence electrons. The SMILES string of the molecule is CC(C)(C)NS(=O)(=O)c1cc(C(=O)Nc2cccc(Cl)c2F)ccc1Cl. The number of hydrogen-bond acceptors (Lipinski definition) is 3. The first-order chi connectivity index (χ1) is 11.9. The van der Waals surface area contributed by atoms with E-state index in [2.05, 4.69) is 10.0 Å². The highest BCUT2D eigenvalue weighted by molar-refractivity contribution is 7.89. The van der Waals surface area contributed by atoms with Crippen LogP contribution in [0.1, 0.15) is 31.1 Å². The Kier molecular flexibility index (Phi) is 5.97. The van der Waals surface area contributed by atoms with Gasteiger partial charge in [-0.2, -0.15) is 0 Å². The molecule has 0 aromatic heterocycles. The smallest absolute Gasteiger partial charge is 0.255 e. The Morgan fingerprint density at radius 1 is 1.08 bits per heavy atom. The van der Waals surface area contributed by atoms with E-state index in [0.717, 1.165) is 6.07 Å². The molecule has 0 bridgehead atoms. The van der Waals surface area contributed by atoms with E-state index in [9.17, 15) is 17.6 Å². The second-order valence-electron chi connectivity index (χ2n) is 6.56. The summed E-state index contributed by atoms with van der Waals surface area (Å²) in [5.41, 5.74) is -0.845. The summed E-state index contributed by atoms with van der Waals surface area (Å²) in [4.78, 5) is 12.1. The van der Waals surface area contributed by atoms with Crippen molar-refractivity contribution >= 4 is 44.8 Å². The molecule has 0 atom stereocenters. The molecule has 0 unspecified atom stereocenters. The summed E-state index contributed by atoms with van der Waals surface area (Å²) in [6.45, 7) is 5.03. The van der Waals surface area contributed by atoms with E-state index in [1.54, 1.807) is 20.8 Å². The number of sulfonamides is 1. The Labute approximate surface area is 161 Å². The number of halogens is 3. The van der Waals surface area contributed by atoms with Crippen molar-refractivity contribution in [2.75, 3.05) is 5.32 Å². The van der Waals surface area contributed by atoms with Gasteiger partial charge in [0, 0.05) is 11.1 Å². The number of nitrogens with one attached hydrogen (secondary N) is 2. The number of hydrogen-bond donors (Lipinski definition) is 2. The number of amides is 1. The molecule has 0 heterocycles. The molecule has 0 radical (unpaired) electrons. The Hall–Kier alpha value is -1.67. The zero-order valence-corrected chi connectivity index (χ0v) is 16.6. The highest BCUT2D eigenvalue weighted by Gasteiger charge is 2.25. The fraction of sp³-hybridized carbons (Fsp3) is 0.235. The minimum atomic E-state index is -3.95. The third kappa shape index (κ3) is 4.94. The normalized spacial score (nSPS) is 12.1. The van der Waals surface area contributed by atoms with Crippen molar-refractivity contribution in [3.63, 3.8) is 0 Å². The summed E-state index contributed by atoms with van der Waals surface area (Å²) in [5, 5.41) is 2.18. The number of carbonyl (C=O) groups is 1. The number of rotatable bonds is 4. The zero-order chi connectivity index (χ0) is 19.7. The summed E-state index contributed by atoms with van der Waals surface area (Å²) in [7, 11) is -3.95. The van der Waals surface area contributed by atoms with Crippen molar-refractivity contribution in [3.05, 3.63) is 57.8 Å². The molecule has 2 aromatic carbocycles. The molecule has 0 aliphatic carbocycles. The van der Waals surface area contributed by atoms with Crippen LogP contribution in [0.3, 0.4) is 0 Å². The third-order valence-corrected chi connectivity index (χ3v) is 5.65. The molecule has 1 amide bonds. The molecule has 9 heteroatoms. The Morgan fingerprint density at radius 2 is 1.73 bits per heavy atom. The predicted octanol–water partition coefficient (Wildman–Crippen LogP) is 4.46. The van der Waals surface area contributed by atoms with Gasteiger partial charge in [0.1, 0.15) is 4.90 Å². The van der Waals surface area contributed by atoms with E-state index in [1.807, 2.05) is 0 Å². The van der Waals surface area contributed by atoms with Crippen molar-refractivity contribution in [2.45, 2.75) is 31.2 Å². The second kappa shape index (κ2) is 7.52. The van der Waals surface area contributed by atoms with E-state index in [0.29, 0.717) is 0 Å². The van der Waals surface area contributed by atoms with Gasteiger partial charge in [-0.3, -0.25) is 4.79 Å². The maximum absolute atomic E-state index is 13.9. The number of benzene rings is 2. The lowest BCUT2D eigenvalue weighted by atomic mass is 10.1. The van der Waals surface area contributed by atoms with Crippen LogP contribution in [0.5, 0.6) is 0 Å². The van der Waals surface area contributed by atoms with Crippen LogP contribution < -0.4 is 10.0 Å². The quantitative estimate of drug-likeness (QED) is 0.769. The molecule has 26 heavy (non-hydrogen) atoms. The summed E-state index contributed by atoms with van der Waals surface area (Å²) in [6, 6.07) is 7.93. The van der Waals surface area contributed by atoms with Gasteiger partial charge in [0.2, 0.25) is 10.0 Å². The summed E-state index contributed by atoms with van der Waals surface area (Å²) in [5.74, 6) is -1.48. The monoisotopic (exact) mass is 418 g/mol. The second-order valence-corrected chi connectivity index (χ2v) is 9.02. The van der Waals surface area contributed by atoms with Crippen molar-refractivity contribution in [2.24, 2.45) is 0 Å². The first-order valence-electron chi connectivity index (χ1n) is 7.49. The maximum atomic E-state index is 13.9. The average Bonchev–Trinajstić information content (AvgIpc) is 2.49. The molecule has 0 aliphatic heterocycles. The van der Waals surface area contributed by atoms with Crippen LogP contribution in [0.2, 0.25) is 10.0 Å². The fourth-order valence-electron chi connectivity index (χ4n) is 2.10. The van der Waals surface area contributed by atoms with Gasteiger partial charge in [-0.05, 0) is 51.1 Å². The lowest BCUT2D eigenvalue weighted by Crippen LogP contribution is -2.40. The van der Waals surface area contributed by atoms with Gasteiger partial charge in [0.25, 0.3) is 5.91 Å². The Bertz CT molecular complexity index is 957. The van der Waals surface area contributed by atoms with Gasteiger partial charge in [-0.1, -0.05) is 29.3 Å². The Balaban J connectivity index is 2.37. The first kappa shape index (κ1) is 20.6. The molecule has 0 aliphatic rings. The van der Waals surface area contributed by atoms with Crippen LogP contribution in [0.4, 0.5) is 10.1 Å². The molecule has 0 saturated heterocycles. The summed E-state index contributed by atoms with van der Waals surface area (Å²) >= 11 is 11.7. The highest BCUT2D eigenvalue weighted by atomic mass is 35.5. The van der Waals surface area contributed by atoms with Gasteiger partial charge in [0.05, 0.1) is 15.7 Å². The van der Waals surface area contributed by atoms with Crippen LogP contribution in [-0.4, -0.2) is 19.9 Å². The maximum Gasteiger partial charge on any atom is 0.255 e. The molecule has 0 fully saturated rings. The zero-order valence-electron chi connectivity index (χ0n) is 14.2. The molecule has 2 aromatic rings. The fourth-order valence-corrected chi connectivity index (χ4v) is 4.22. The molecule has 2 rings (SSSR count). The summed E-state index contributed by atoms with van der Waals surface area (Å²) < 4.78 is 41.4. The van der Waals surface area contributed by atoms with E-state index in [4.69, 9.17) is 23.2 Å². The average molecular weight is 419 g/mol. The van der Waals surface area contributed by atoms with E-state index < -0.39 is 27.3 Å². The van der Waals surface area contributed by atoms with Gasteiger partial charge in [-0.15, -0.1) is 0 Å². The van der Waals surface area contributed by atoms with Crippen molar-refractivity contribution in [1.82, 2.24) is 4.72 Å². The van der Waals surface area contributed by atoms with E-state index in [-0.39, 0.29) is 26.2 Å². The van der Waals surface area contributed by atoms with Gasteiger partial charge in [-0.25, -0.2) is 17.5 Å². The van der Waals surface area contributed by atoms with Crippen molar-refractivity contribution < 1.29 is 17.6 Å². The first-order valence-corrected chi connectivity index (χ1v) is 9.73. The molecule has 0 saturated carbocycles. The molecular weight excluding hydrogens is 402 g/mol. The largest absolute Gasteiger partial charge is 0.319 e. The molecule has 0 spiro atoms. The van der Waals surface area contributed by atoms with Gasteiger partial charge in [0.15, 0.2) is 5.82 Å². The minimum Gasteiger partial charge on any atom is -0.319 e.